The van der Waals surface area contributed by atoms with Crippen LogP contribution in [0.15, 0.2) is 42.5 Å². The van der Waals surface area contributed by atoms with Crippen LogP contribution in [-0.2, 0) is 6.42 Å². The minimum absolute atomic E-state index is 0.0133. The zero-order valence-electron chi connectivity index (χ0n) is 14.1. The van der Waals surface area contributed by atoms with Crippen LogP contribution in [0.4, 0.5) is 4.39 Å². The lowest BCUT2D eigenvalue weighted by Gasteiger charge is -2.14. The summed E-state index contributed by atoms with van der Waals surface area (Å²) in [5, 5.41) is 2.78. The fourth-order valence-corrected chi connectivity index (χ4v) is 2.27. The van der Waals surface area contributed by atoms with Gasteiger partial charge in [-0.3, -0.25) is 4.79 Å². The highest BCUT2D eigenvalue weighted by Crippen LogP contribution is 2.28. The normalized spacial score (nSPS) is 10.5. The highest BCUT2D eigenvalue weighted by Gasteiger charge is 2.12. The maximum atomic E-state index is 13.5. The molecule has 0 spiro atoms. The van der Waals surface area contributed by atoms with E-state index in [0.717, 1.165) is 0 Å². The zero-order valence-corrected chi connectivity index (χ0v) is 14.1. The van der Waals surface area contributed by atoms with Crippen LogP contribution < -0.4 is 14.8 Å². The number of amides is 1. The maximum Gasteiger partial charge on any atom is 0.251 e. The third kappa shape index (κ3) is 4.72. The quantitative estimate of drug-likeness (QED) is 0.843. The van der Waals surface area contributed by atoms with Crippen LogP contribution >= 0.6 is 0 Å². The fraction of sp³-hybridized carbons (Fsp3) is 0.316. The second-order valence-electron chi connectivity index (χ2n) is 5.63. The Morgan fingerprint density at radius 1 is 1.17 bits per heavy atom. The molecule has 2 aromatic carbocycles. The van der Waals surface area contributed by atoms with Gasteiger partial charge in [0.2, 0.25) is 0 Å². The Morgan fingerprint density at radius 3 is 2.58 bits per heavy atom. The smallest absolute Gasteiger partial charge is 0.251 e. The van der Waals surface area contributed by atoms with Crippen molar-refractivity contribution in [2.24, 2.45) is 0 Å². The van der Waals surface area contributed by atoms with Crippen molar-refractivity contribution in [1.29, 1.82) is 0 Å². The summed E-state index contributed by atoms with van der Waals surface area (Å²) in [5.74, 6) is 0.602. The average Bonchev–Trinajstić information content (AvgIpc) is 2.56. The Morgan fingerprint density at radius 2 is 1.92 bits per heavy atom. The number of rotatable bonds is 7. The van der Waals surface area contributed by atoms with E-state index in [1.54, 1.807) is 36.4 Å². The van der Waals surface area contributed by atoms with E-state index in [0.29, 0.717) is 35.6 Å². The van der Waals surface area contributed by atoms with Crippen molar-refractivity contribution in [2.45, 2.75) is 26.4 Å². The first-order valence-electron chi connectivity index (χ1n) is 7.87. The van der Waals surface area contributed by atoms with Crippen molar-refractivity contribution in [2.75, 3.05) is 13.7 Å². The van der Waals surface area contributed by atoms with Gasteiger partial charge in [0, 0.05) is 12.1 Å². The average molecular weight is 331 g/mol. The summed E-state index contributed by atoms with van der Waals surface area (Å²) in [4.78, 5) is 12.2. The van der Waals surface area contributed by atoms with Crippen LogP contribution in [0.5, 0.6) is 11.5 Å². The zero-order chi connectivity index (χ0) is 17.5. The van der Waals surface area contributed by atoms with Gasteiger partial charge in [-0.1, -0.05) is 18.2 Å². The summed E-state index contributed by atoms with van der Waals surface area (Å²) in [6.07, 6.45) is 0.448. The standard InChI is InChI=1S/C19H22FNO3/c1-13(2)24-17-9-8-15(12-18(17)23-3)19(22)21-11-10-14-6-4-5-7-16(14)20/h4-9,12-13H,10-11H2,1-3H3,(H,21,22). The largest absolute Gasteiger partial charge is 0.493 e. The highest BCUT2D eigenvalue weighted by atomic mass is 19.1. The lowest BCUT2D eigenvalue weighted by atomic mass is 10.1. The monoisotopic (exact) mass is 331 g/mol. The molecular weight excluding hydrogens is 309 g/mol. The third-order valence-electron chi connectivity index (χ3n) is 3.43. The predicted molar refractivity (Wildman–Crippen MR) is 91.2 cm³/mol. The molecule has 0 saturated carbocycles. The van der Waals surface area contributed by atoms with Crippen molar-refractivity contribution in [3.8, 4) is 11.5 Å². The molecule has 0 saturated heterocycles. The Kier molecular flexibility index (Phi) is 6.18. The van der Waals surface area contributed by atoms with Crippen LogP contribution in [0.3, 0.4) is 0 Å². The summed E-state index contributed by atoms with van der Waals surface area (Å²) in [6, 6.07) is 11.6. The molecule has 0 heterocycles. The number of benzene rings is 2. The first-order valence-corrected chi connectivity index (χ1v) is 7.87. The number of hydrogen-bond acceptors (Lipinski definition) is 3. The highest BCUT2D eigenvalue weighted by molar-refractivity contribution is 5.94. The summed E-state index contributed by atoms with van der Waals surface area (Å²) in [7, 11) is 1.53. The van der Waals surface area contributed by atoms with Gasteiger partial charge in [-0.25, -0.2) is 4.39 Å². The van der Waals surface area contributed by atoms with E-state index in [-0.39, 0.29) is 17.8 Å². The number of methoxy groups -OCH3 is 1. The minimum atomic E-state index is -0.261. The predicted octanol–water partition coefficient (Wildman–Crippen LogP) is 3.59. The van der Waals surface area contributed by atoms with Gasteiger partial charge in [0.1, 0.15) is 5.82 Å². The summed E-state index contributed by atoms with van der Waals surface area (Å²) in [5.41, 5.74) is 1.05. The first kappa shape index (κ1) is 17.8. The lowest BCUT2D eigenvalue weighted by Crippen LogP contribution is -2.26. The van der Waals surface area contributed by atoms with E-state index in [4.69, 9.17) is 9.47 Å². The molecule has 0 aliphatic rings. The number of carbonyl (C=O) groups is 1. The van der Waals surface area contributed by atoms with E-state index in [9.17, 15) is 9.18 Å². The van der Waals surface area contributed by atoms with Crippen molar-refractivity contribution in [3.63, 3.8) is 0 Å². The van der Waals surface area contributed by atoms with Gasteiger partial charge in [0.05, 0.1) is 13.2 Å². The molecule has 4 nitrogen and oxygen atoms in total. The molecule has 0 fully saturated rings. The van der Waals surface area contributed by atoms with Gasteiger partial charge in [0.15, 0.2) is 11.5 Å². The Hall–Kier alpha value is -2.56. The fourth-order valence-electron chi connectivity index (χ4n) is 2.27. The number of nitrogens with one attached hydrogen (secondary N) is 1. The van der Waals surface area contributed by atoms with E-state index in [1.807, 2.05) is 13.8 Å². The molecular formula is C19H22FNO3. The topological polar surface area (TPSA) is 47.6 Å². The first-order chi connectivity index (χ1) is 11.5. The van der Waals surface area contributed by atoms with Crippen LogP contribution in [0.1, 0.15) is 29.8 Å². The molecule has 5 heteroatoms. The van der Waals surface area contributed by atoms with Crippen LogP contribution in [0.2, 0.25) is 0 Å². The van der Waals surface area contributed by atoms with Crippen molar-refractivity contribution in [1.82, 2.24) is 5.32 Å². The summed E-state index contributed by atoms with van der Waals surface area (Å²) in [6.45, 7) is 4.19. The van der Waals surface area contributed by atoms with Gasteiger partial charge in [-0.15, -0.1) is 0 Å². The maximum absolute atomic E-state index is 13.5. The molecule has 24 heavy (non-hydrogen) atoms. The Labute approximate surface area is 141 Å². The van der Waals surface area contributed by atoms with Gasteiger partial charge in [0.25, 0.3) is 5.91 Å². The number of halogens is 1. The van der Waals surface area contributed by atoms with Gasteiger partial charge in [-0.05, 0) is 50.1 Å². The number of carbonyl (C=O) groups excluding carboxylic acids is 1. The second kappa shape index (κ2) is 8.34. The van der Waals surface area contributed by atoms with Gasteiger partial charge in [-0.2, -0.15) is 0 Å². The molecule has 1 amide bonds. The molecule has 0 aromatic heterocycles. The molecule has 128 valence electrons. The van der Waals surface area contributed by atoms with E-state index >= 15 is 0 Å². The molecule has 1 N–H and O–H groups in total. The van der Waals surface area contributed by atoms with Crippen molar-refractivity contribution >= 4 is 5.91 Å². The van der Waals surface area contributed by atoms with Crippen molar-refractivity contribution in [3.05, 3.63) is 59.4 Å². The molecule has 0 aliphatic heterocycles. The van der Waals surface area contributed by atoms with Gasteiger partial charge >= 0.3 is 0 Å². The van der Waals surface area contributed by atoms with E-state index in [1.165, 1.54) is 13.2 Å². The third-order valence-corrected chi connectivity index (χ3v) is 3.43. The minimum Gasteiger partial charge on any atom is -0.493 e. The van der Waals surface area contributed by atoms with Crippen LogP contribution in [0, 0.1) is 5.82 Å². The van der Waals surface area contributed by atoms with Crippen molar-refractivity contribution < 1.29 is 18.7 Å². The molecule has 0 bridgehead atoms. The lowest BCUT2D eigenvalue weighted by molar-refractivity contribution is 0.0953. The van der Waals surface area contributed by atoms with E-state index < -0.39 is 0 Å². The molecule has 0 atom stereocenters. The molecule has 0 aliphatic carbocycles. The molecule has 0 unspecified atom stereocenters. The SMILES string of the molecule is COc1cc(C(=O)NCCc2ccccc2F)ccc1OC(C)C. The molecule has 2 aromatic rings. The second-order valence-corrected chi connectivity index (χ2v) is 5.63. The Balaban J connectivity index is 1.98. The summed E-state index contributed by atoms with van der Waals surface area (Å²) < 4.78 is 24.4. The molecule has 2 rings (SSSR count). The van der Waals surface area contributed by atoms with Crippen LogP contribution in [0.25, 0.3) is 0 Å². The van der Waals surface area contributed by atoms with Gasteiger partial charge < -0.3 is 14.8 Å². The number of ether oxygens (including phenoxy) is 2. The molecule has 0 radical (unpaired) electrons. The Bertz CT molecular complexity index is 701. The van der Waals surface area contributed by atoms with Crippen LogP contribution in [-0.4, -0.2) is 25.7 Å². The summed E-state index contributed by atoms with van der Waals surface area (Å²) >= 11 is 0. The number of hydrogen-bond donors (Lipinski definition) is 1. The van der Waals surface area contributed by atoms with E-state index in [2.05, 4.69) is 5.32 Å².